The fourth-order valence-electron chi connectivity index (χ4n) is 2.73. The zero-order valence-electron chi connectivity index (χ0n) is 14.1. The van der Waals surface area contributed by atoms with Gasteiger partial charge in [0, 0.05) is 0 Å². The highest BCUT2D eigenvalue weighted by Gasteiger charge is 2.36. The summed E-state index contributed by atoms with van der Waals surface area (Å²) in [5.41, 5.74) is -1.83. The maximum atomic E-state index is 13.1. The Labute approximate surface area is 174 Å². The number of benzene rings is 2. The van der Waals surface area contributed by atoms with Crippen molar-refractivity contribution in [2.24, 2.45) is 0 Å². The summed E-state index contributed by atoms with van der Waals surface area (Å²) in [4.78, 5) is 10.5. The number of halogens is 8. The second-order valence-corrected chi connectivity index (χ2v) is 8.27. The first-order chi connectivity index (χ1) is 12.9. The summed E-state index contributed by atoms with van der Waals surface area (Å²) in [5.74, 6) is -0.533. The smallest absolute Gasteiger partial charge is 0.297 e. The van der Waals surface area contributed by atoms with Crippen LogP contribution in [0.3, 0.4) is 0 Å². The fraction of sp³-hybridized carbons (Fsp3) is 0.316. The molecular formula is C19H14Br2F6O. The number of hydrogen-bond donors (Lipinski definition) is 0. The van der Waals surface area contributed by atoms with Crippen molar-refractivity contribution in [3.8, 4) is 0 Å². The predicted molar refractivity (Wildman–Crippen MR) is 101 cm³/mol. The van der Waals surface area contributed by atoms with Gasteiger partial charge in [-0.25, -0.2) is 0 Å². The molecule has 0 saturated carbocycles. The van der Waals surface area contributed by atoms with Gasteiger partial charge in [0.25, 0.3) is 0 Å². The number of rotatable bonds is 6. The quantitative estimate of drug-likeness (QED) is 0.303. The van der Waals surface area contributed by atoms with Crippen LogP contribution in [0.4, 0.5) is 26.3 Å². The molecule has 0 radical (unpaired) electrons. The molecule has 1 nitrogen and oxygen atoms in total. The van der Waals surface area contributed by atoms with Crippen molar-refractivity contribution < 1.29 is 31.1 Å². The first-order valence-corrected chi connectivity index (χ1v) is 9.86. The van der Waals surface area contributed by atoms with Crippen molar-refractivity contribution in [1.82, 2.24) is 0 Å². The largest absolute Gasteiger partial charge is 0.416 e. The average Bonchev–Trinajstić information content (AvgIpc) is 2.60. The summed E-state index contributed by atoms with van der Waals surface area (Å²) >= 11 is 6.17. The third kappa shape index (κ3) is 5.83. The van der Waals surface area contributed by atoms with E-state index in [1.54, 1.807) is 0 Å². The zero-order chi connectivity index (χ0) is 21.1. The highest BCUT2D eigenvalue weighted by atomic mass is 79.9. The van der Waals surface area contributed by atoms with E-state index in [9.17, 15) is 31.1 Å². The molecule has 9 heteroatoms. The van der Waals surface area contributed by atoms with Gasteiger partial charge >= 0.3 is 12.4 Å². The van der Waals surface area contributed by atoms with Crippen LogP contribution in [-0.4, -0.2) is 15.4 Å². The molecular weight excluding hydrogens is 518 g/mol. The van der Waals surface area contributed by atoms with E-state index in [4.69, 9.17) is 0 Å². The number of hydrogen-bond acceptors (Lipinski definition) is 1. The molecule has 2 atom stereocenters. The molecule has 152 valence electrons. The molecule has 0 aliphatic carbocycles. The first-order valence-electron chi connectivity index (χ1n) is 8.03. The van der Waals surface area contributed by atoms with Gasteiger partial charge in [-0.2, -0.15) is 26.3 Å². The second-order valence-electron chi connectivity index (χ2n) is 6.06. The van der Waals surface area contributed by atoms with E-state index in [0.29, 0.717) is 0 Å². The average molecular weight is 532 g/mol. The molecule has 2 unspecified atom stereocenters. The highest BCUT2D eigenvalue weighted by Crippen LogP contribution is 2.35. The van der Waals surface area contributed by atoms with Gasteiger partial charge in [-0.1, -0.05) is 68.3 Å². The number of ketones is 1. The monoisotopic (exact) mass is 530 g/mol. The van der Waals surface area contributed by atoms with Gasteiger partial charge in [-0.05, 0) is 36.1 Å². The Morgan fingerprint density at radius 3 is 1.36 bits per heavy atom. The van der Waals surface area contributed by atoms with Crippen LogP contribution in [0, 0.1) is 0 Å². The van der Waals surface area contributed by atoms with E-state index in [1.165, 1.54) is 36.4 Å². The molecule has 0 N–H and O–H groups in total. The molecule has 0 aromatic heterocycles. The Kier molecular flexibility index (Phi) is 7.36. The third-order valence-corrected chi connectivity index (χ3v) is 5.61. The lowest BCUT2D eigenvalue weighted by molar-refractivity contribution is -0.139. The van der Waals surface area contributed by atoms with Crippen molar-refractivity contribution in [2.75, 3.05) is 0 Å². The van der Waals surface area contributed by atoms with Gasteiger partial charge in [0.05, 0.1) is 20.8 Å². The van der Waals surface area contributed by atoms with Crippen LogP contribution in [0.5, 0.6) is 0 Å². The Morgan fingerprint density at radius 2 is 1.04 bits per heavy atom. The van der Waals surface area contributed by atoms with Crippen molar-refractivity contribution in [3.63, 3.8) is 0 Å². The van der Waals surface area contributed by atoms with E-state index < -0.39 is 38.9 Å². The van der Waals surface area contributed by atoms with Crippen molar-refractivity contribution >= 4 is 37.6 Å². The van der Waals surface area contributed by atoms with Crippen LogP contribution in [0.25, 0.3) is 0 Å². The minimum Gasteiger partial charge on any atom is -0.297 e. The lowest BCUT2D eigenvalue weighted by Crippen LogP contribution is -2.28. The number of alkyl halides is 8. The molecule has 0 spiro atoms. The van der Waals surface area contributed by atoms with E-state index >= 15 is 0 Å². The second kappa shape index (κ2) is 8.98. The van der Waals surface area contributed by atoms with Gasteiger partial charge in [-0.15, -0.1) is 0 Å². The number of Topliss-reactive ketones (excluding diaryl/α,β-unsaturated/α-hetero) is 1. The van der Waals surface area contributed by atoms with Crippen molar-refractivity contribution in [1.29, 1.82) is 0 Å². The normalized spacial score (nSPS) is 14.6. The van der Waals surface area contributed by atoms with E-state index in [2.05, 4.69) is 31.9 Å². The lowest BCUT2D eigenvalue weighted by atomic mass is 9.97. The summed E-state index contributed by atoms with van der Waals surface area (Å²) in [6.45, 7) is 0. The standard InChI is InChI=1S/C19H14Br2F6O/c20-15(9-11-5-1-3-7-13(11)18(22,23)24)17(28)16(21)10-12-6-2-4-8-14(12)19(25,26)27/h1-8,15-16H,9-10H2. The molecule has 0 aliphatic rings. The summed E-state index contributed by atoms with van der Waals surface area (Å²) in [6, 6.07) is 9.74. The molecule has 0 bridgehead atoms. The molecule has 2 aromatic rings. The van der Waals surface area contributed by atoms with Crippen LogP contribution >= 0.6 is 31.9 Å². The Bertz CT molecular complexity index is 764. The molecule has 0 amide bonds. The highest BCUT2D eigenvalue weighted by molar-refractivity contribution is 9.10. The SMILES string of the molecule is O=C(C(Br)Cc1ccccc1C(F)(F)F)C(Br)Cc1ccccc1C(F)(F)F. The summed E-state index contributed by atoms with van der Waals surface area (Å²) in [7, 11) is 0. The summed E-state index contributed by atoms with van der Waals surface area (Å²) in [6.07, 6.45) is -9.60. The van der Waals surface area contributed by atoms with Crippen LogP contribution in [0.15, 0.2) is 48.5 Å². The number of carbonyl (C=O) groups excluding carboxylic acids is 1. The molecule has 0 fully saturated rings. The maximum Gasteiger partial charge on any atom is 0.416 e. The minimum atomic E-state index is -4.56. The van der Waals surface area contributed by atoms with Gasteiger partial charge in [-0.3, -0.25) is 4.79 Å². The Balaban J connectivity index is 2.15. The minimum absolute atomic E-state index is 0.0689. The van der Waals surface area contributed by atoms with E-state index in [1.807, 2.05) is 0 Å². The molecule has 0 saturated heterocycles. The first kappa shape index (κ1) is 22.9. The summed E-state index contributed by atoms with van der Waals surface area (Å²) < 4.78 is 78.5. The fourth-order valence-corrected chi connectivity index (χ4v) is 4.42. The van der Waals surface area contributed by atoms with Gasteiger partial charge in [0.15, 0.2) is 5.78 Å². The Morgan fingerprint density at radius 1 is 0.714 bits per heavy atom. The van der Waals surface area contributed by atoms with E-state index in [-0.39, 0.29) is 24.0 Å². The molecule has 28 heavy (non-hydrogen) atoms. The van der Waals surface area contributed by atoms with Gasteiger partial charge < -0.3 is 0 Å². The lowest BCUT2D eigenvalue weighted by Gasteiger charge is -2.18. The molecule has 2 rings (SSSR count). The number of carbonyl (C=O) groups is 1. The molecule has 0 heterocycles. The van der Waals surface area contributed by atoms with Crippen LogP contribution in [0.1, 0.15) is 22.3 Å². The van der Waals surface area contributed by atoms with Crippen molar-refractivity contribution in [3.05, 3.63) is 70.8 Å². The van der Waals surface area contributed by atoms with E-state index in [0.717, 1.165) is 12.1 Å². The van der Waals surface area contributed by atoms with Crippen LogP contribution in [-0.2, 0) is 30.0 Å². The third-order valence-electron chi connectivity index (χ3n) is 4.06. The molecule has 2 aromatic carbocycles. The summed E-state index contributed by atoms with van der Waals surface area (Å²) in [5, 5.41) is 0. The molecule has 0 aliphatic heterocycles. The topological polar surface area (TPSA) is 17.1 Å². The van der Waals surface area contributed by atoms with Crippen LogP contribution < -0.4 is 0 Å². The van der Waals surface area contributed by atoms with Crippen LogP contribution in [0.2, 0.25) is 0 Å². The maximum absolute atomic E-state index is 13.1. The van der Waals surface area contributed by atoms with Gasteiger partial charge in [0.1, 0.15) is 0 Å². The van der Waals surface area contributed by atoms with Crippen molar-refractivity contribution in [2.45, 2.75) is 34.8 Å². The van der Waals surface area contributed by atoms with Gasteiger partial charge in [0.2, 0.25) is 0 Å². The zero-order valence-corrected chi connectivity index (χ0v) is 17.3. The predicted octanol–water partition coefficient (Wildman–Crippen LogP) is 6.61. The Hall–Kier alpha value is -1.35.